The molecule has 0 radical (unpaired) electrons. The van der Waals surface area contributed by atoms with Gasteiger partial charge in [-0.2, -0.15) is 11.8 Å². The van der Waals surface area contributed by atoms with Crippen molar-refractivity contribution < 1.29 is 19.4 Å². The molecule has 0 saturated heterocycles. The van der Waals surface area contributed by atoms with Gasteiger partial charge in [0.15, 0.2) is 17.3 Å². The molecule has 0 saturated carbocycles. The van der Waals surface area contributed by atoms with Crippen molar-refractivity contribution in [1.29, 1.82) is 0 Å². The van der Waals surface area contributed by atoms with Crippen LogP contribution in [0.1, 0.15) is 27.6 Å². The Morgan fingerprint density at radius 3 is 2.40 bits per heavy atom. The van der Waals surface area contributed by atoms with E-state index in [4.69, 9.17) is 26.2 Å². The highest BCUT2D eigenvalue weighted by Crippen LogP contribution is 2.38. The molecular weight excluding hydrogens is 360 g/mol. The SMILES string of the molecule is COc1ccc(C(CC(=O)c2ccc(Cl)cc2)SCCO)cc1OC. The minimum Gasteiger partial charge on any atom is -0.493 e. The van der Waals surface area contributed by atoms with Crippen LogP contribution in [0.15, 0.2) is 42.5 Å². The summed E-state index contributed by atoms with van der Waals surface area (Å²) in [6.07, 6.45) is 0.321. The molecule has 0 bridgehead atoms. The number of aliphatic hydroxyl groups excluding tert-OH is 1. The van der Waals surface area contributed by atoms with Crippen molar-refractivity contribution in [3.63, 3.8) is 0 Å². The molecule has 1 unspecified atom stereocenters. The highest BCUT2D eigenvalue weighted by atomic mass is 35.5. The lowest BCUT2D eigenvalue weighted by molar-refractivity contribution is 0.0982. The minimum atomic E-state index is -0.0878. The summed E-state index contributed by atoms with van der Waals surface area (Å²) in [6, 6.07) is 12.5. The molecule has 0 heterocycles. The Kier molecular flexibility index (Phi) is 7.62. The van der Waals surface area contributed by atoms with Gasteiger partial charge in [-0.15, -0.1) is 0 Å². The van der Waals surface area contributed by atoms with Crippen molar-refractivity contribution >= 4 is 29.1 Å². The van der Waals surface area contributed by atoms with Gasteiger partial charge in [-0.3, -0.25) is 4.79 Å². The number of rotatable bonds is 9. The average molecular weight is 381 g/mol. The lowest BCUT2D eigenvalue weighted by Gasteiger charge is -2.18. The predicted molar refractivity (Wildman–Crippen MR) is 102 cm³/mol. The van der Waals surface area contributed by atoms with Crippen molar-refractivity contribution in [2.75, 3.05) is 26.6 Å². The molecule has 0 amide bonds. The van der Waals surface area contributed by atoms with E-state index in [1.807, 2.05) is 18.2 Å². The maximum absolute atomic E-state index is 12.6. The number of aliphatic hydroxyl groups is 1. The first-order valence-electron chi connectivity index (χ1n) is 7.82. The van der Waals surface area contributed by atoms with Crippen LogP contribution in [0.2, 0.25) is 5.02 Å². The molecule has 0 aliphatic carbocycles. The summed E-state index contributed by atoms with van der Waals surface area (Å²) in [7, 11) is 3.16. The summed E-state index contributed by atoms with van der Waals surface area (Å²) in [6.45, 7) is 0.0591. The zero-order valence-electron chi connectivity index (χ0n) is 14.2. The normalized spacial score (nSPS) is 11.8. The van der Waals surface area contributed by atoms with Crippen molar-refractivity contribution in [2.24, 2.45) is 0 Å². The number of carbonyl (C=O) groups is 1. The maximum atomic E-state index is 12.6. The number of benzene rings is 2. The average Bonchev–Trinajstić information content (AvgIpc) is 2.64. The molecule has 2 aromatic rings. The predicted octanol–water partition coefficient (Wildman–Crippen LogP) is 4.40. The fourth-order valence-electron chi connectivity index (χ4n) is 2.44. The number of ether oxygens (including phenoxy) is 2. The zero-order chi connectivity index (χ0) is 18.2. The van der Waals surface area contributed by atoms with Gasteiger partial charge in [-0.1, -0.05) is 17.7 Å². The number of thioether (sulfide) groups is 1. The van der Waals surface area contributed by atoms with Crippen LogP contribution in [0.5, 0.6) is 11.5 Å². The van der Waals surface area contributed by atoms with Crippen molar-refractivity contribution in [2.45, 2.75) is 11.7 Å². The molecule has 134 valence electrons. The molecule has 4 nitrogen and oxygen atoms in total. The Morgan fingerprint density at radius 1 is 1.12 bits per heavy atom. The maximum Gasteiger partial charge on any atom is 0.164 e. The second kappa shape index (κ2) is 9.70. The standard InChI is InChI=1S/C19H21ClO4S/c1-23-17-8-5-14(11-18(17)24-2)19(25-10-9-21)12-16(22)13-3-6-15(20)7-4-13/h3-8,11,19,21H,9-10,12H2,1-2H3. The Morgan fingerprint density at radius 2 is 1.80 bits per heavy atom. The van der Waals surface area contributed by atoms with Crippen LogP contribution in [-0.2, 0) is 0 Å². The van der Waals surface area contributed by atoms with Gasteiger partial charge >= 0.3 is 0 Å². The molecule has 2 aromatic carbocycles. The Labute approximate surface area is 157 Å². The van der Waals surface area contributed by atoms with E-state index in [0.29, 0.717) is 34.3 Å². The van der Waals surface area contributed by atoms with Gasteiger partial charge in [-0.05, 0) is 42.0 Å². The van der Waals surface area contributed by atoms with Gasteiger partial charge in [0.25, 0.3) is 0 Å². The number of methoxy groups -OCH3 is 2. The summed E-state index contributed by atoms with van der Waals surface area (Å²) >= 11 is 7.42. The third-order valence-corrected chi connectivity index (χ3v) is 5.24. The highest BCUT2D eigenvalue weighted by Gasteiger charge is 2.19. The number of hydrogen-bond donors (Lipinski definition) is 1. The molecule has 0 aliphatic heterocycles. The van der Waals surface area contributed by atoms with E-state index >= 15 is 0 Å². The summed E-state index contributed by atoms with van der Waals surface area (Å²) in [4.78, 5) is 12.6. The molecule has 0 spiro atoms. The molecule has 25 heavy (non-hydrogen) atoms. The van der Waals surface area contributed by atoms with Crippen molar-refractivity contribution in [3.05, 3.63) is 58.6 Å². The van der Waals surface area contributed by atoms with Crippen LogP contribution < -0.4 is 9.47 Å². The van der Waals surface area contributed by atoms with Gasteiger partial charge in [-0.25, -0.2) is 0 Å². The van der Waals surface area contributed by atoms with E-state index < -0.39 is 0 Å². The van der Waals surface area contributed by atoms with Crippen LogP contribution >= 0.6 is 23.4 Å². The second-order valence-corrected chi connectivity index (χ2v) is 7.08. The summed E-state index contributed by atoms with van der Waals surface area (Å²) in [5, 5.41) is 9.67. The zero-order valence-corrected chi connectivity index (χ0v) is 15.8. The van der Waals surface area contributed by atoms with E-state index in [-0.39, 0.29) is 17.6 Å². The third-order valence-electron chi connectivity index (χ3n) is 3.73. The van der Waals surface area contributed by atoms with Gasteiger partial charge in [0.05, 0.1) is 20.8 Å². The first-order chi connectivity index (χ1) is 12.1. The fraction of sp³-hybridized carbons (Fsp3) is 0.316. The van der Waals surface area contributed by atoms with Crippen molar-refractivity contribution in [1.82, 2.24) is 0 Å². The van der Waals surface area contributed by atoms with Gasteiger partial charge in [0.1, 0.15) is 0 Å². The molecule has 0 aromatic heterocycles. The Hall–Kier alpha value is -1.69. The molecule has 6 heteroatoms. The lowest BCUT2D eigenvalue weighted by Crippen LogP contribution is -2.07. The van der Waals surface area contributed by atoms with Crippen LogP contribution in [0.4, 0.5) is 0 Å². The van der Waals surface area contributed by atoms with E-state index in [9.17, 15) is 4.79 Å². The summed E-state index contributed by atoms with van der Waals surface area (Å²) in [5.41, 5.74) is 1.58. The van der Waals surface area contributed by atoms with Gasteiger partial charge in [0.2, 0.25) is 0 Å². The van der Waals surface area contributed by atoms with Crippen molar-refractivity contribution in [3.8, 4) is 11.5 Å². The quantitative estimate of drug-likeness (QED) is 0.653. The summed E-state index contributed by atoms with van der Waals surface area (Å²) in [5.74, 6) is 1.84. The number of Topliss-reactive ketones (excluding diaryl/α,β-unsaturated/α-hetero) is 1. The molecule has 1 N–H and O–H groups in total. The minimum absolute atomic E-state index is 0.0295. The molecule has 2 rings (SSSR count). The largest absolute Gasteiger partial charge is 0.493 e. The number of carbonyl (C=O) groups excluding carboxylic acids is 1. The van der Waals surface area contributed by atoms with Crippen LogP contribution in [0, 0.1) is 0 Å². The van der Waals surface area contributed by atoms with Crippen LogP contribution in [-0.4, -0.2) is 37.5 Å². The molecule has 1 atom stereocenters. The first-order valence-corrected chi connectivity index (χ1v) is 9.25. The Balaban J connectivity index is 2.23. The Bertz CT molecular complexity index is 703. The summed E-state index contributed by atoms with van der Waals surface area (Å²) < 4.78 is 10.6. The van der Waals surface area contributed by atoms with Crippen LogP contribution in [0.25, 0.3) is 0 Å². The van der Waals surface area contributed by atoms with E-state index in [2.05, 4.69) is 0 Å². The molecular formula is C19H21ClO4S. The topological polar surface area (TPSA) is 55.8 Å². The van der Waals surface area contributed by atoms with E-state index in [0.717, 1.165) is 5.56 Å². The fourth-order valence-corrected chi connectivity index (χ4v) is 3.57. The smallest absolute Gasteiger partial charge is 0.164 e. The van der Waals surface area contributed by atoms with Gasteiger partial charge < -0.3 is 14.6 Å². The van der Waals surface area contributed by atoms with E-state index in [1.165, 1.54) is 0 Å². The number of halogens is 1. The van der Waals surface area contributed by atoms with E-state index in [1.54, 1.807) is 50.2 Å². The number of hydrogen-bond acceptors (Lipinski definition) is 5. The van der Waals surface area contributed by atoms with Crippen LogP contribution in [0.3, 0.4) is 0 Å². The van der Waals surface area contributed by atoms with Gasteiger partial charge in [0, 0.05) is 28.0 Å². The lowest BCUT2D eigenvalue weighted by atomic mass is 10.0. The first kappa shape index (κ1) is 19.6. The monoisotopic (exact) mass is 380 g/mol. The second-order valence-electron chi connectivity index (χ2n) is 5.33. The third kappa shape index (κ3) is 5.39. The molecule has 0 fully saturated rings. The molecule has 0 aliphatic rings. The highest BCUT2D eigenvalue weighted by molar-refractivity contribution is 7.99. The number of ketones is 1.